The van der Waals surface area contributed by atoms with E-state index in [4.69, 9.17) is 0 Å². The van der Waals surface area contributed by atoms with Gasteiger partial charge in [0.05, 0.1) is 6.17 Å². The normalized spacial score (nSPS) is 21.1. The smallest absolute Gasteiger partial charge is 0.0597 e. The van der Waals surface area contributed by atoms with Crippen molar-refractivity contribution in [1.29, 1.82) is 0 Å². The van der Waals surface area contributed by atoms with E-state index in [2.05, 4.69) is 48.5 Å². The van der Waals surface area contributed by atoms with Crippen molar-refractivity contribution >= 4 is 0 Å². The molecule has 1 unspecified atom stereocenters. The second-order valence-corrected chi connectivity index (χ2v) is 4.45. The van der Waals surface area contributed by atoms with E-state index in [1.165, 1.54) is 30.5 Å². The molecule has 1 saturated heterocycles. The Morgan fingerprint density at radius 1 is 1.40 bits per heavy atom. The Kier molecular flexibility index (Phi) is 3.39. The highest BCUT2D eigenvalue weighted by atomic mass is 15.3. The summed E-state index contributed by atoms with van der Waals surface area (Å²) in [5, 5.41) is 3.52. The van der Waals surface area contributed by atoms with Crippen molar-refractivity contribution in [2.45, 2.75) is 32.5 Å². The third-order valence-corrected chi connectivity index (χ3v) is 3.25. The van der Waals surface area contributed by atoms with Crippen LogP contribution in [0.1, 0.15) is 24.0 Å². The second kappa shape index (κ2) is 4.77. The van der Waals surface area contributed by atoms with E-state index in [1.54, 1.807) is 0 Å². The number of aryl methyl sites for hydroxylation is 1. The average Bonchev–Trinajstić information content (AvgIpc) is 2.74. The minimum absolute atomic E-state index is 0.574. The van der Waals surface area contributed by atoms with E-state index in [9.17, 15) is 0 Å². The van der Waals surface area contributed by atoms with Crippen LogP contribution in [-0.2, 0) is 6.54 Å². The number of nitrogens with one attached hydrogen (secondary N) is 1. The third kappa shape index (κ3) is 2.58. The van der Waals surface area contributed by atoms with Crippen molar-refractivity contribution in [3.63, 3.8) is 0 Å². The van der Waals surface area contributed by atoms with Crippen LogP contribution in [-0.4, -0.2) is 24.7 Å². The van der Waals surface area contributed by atoms with E-state index in [0.717, 1.165) is 6.54 Å². The zero-order valence-corrected chi connectivity index (χ0v) is 9.66. The summed E-state index contributed by atoms with van der Waals surface area (Å²) in [6.07, 6.45) is 3.16. The highest BCUT2D eigenvalue weighted by Gasteiger charge is 2.18. The van der Waals surface area contributed by atoms with Crippen molar-refractivity contribution in [2.24, 2.45) is 0 Å². The summed E-state index contributed by atoms with van der Waals surface area (Å²) >= 11 is 0. The molecule has 1 atom stereocenters. The van der Waals surface area contributed by atoms with Crippen molar-refractivity contribution < 1.29 is 0 Å². The molecule has 1 N–H and O–H groups in total. The zero-order valence-electron chi connectivity index (χ0n) is 9.66. The number of nitrogens with zero attached hydrogens (tertiary/aromatic N) is 1. The quantitative estimate of drug-likeness (QED) is 0.811. The first-order chi connectivity index (χ1) is 7.27. The van der Waals surface area contributed by atoms with E-state index < -0.39 is 0 Å². The minimum Gasteiger partial charge on any atom is -0.302 e. The fourth-order valence-electron chi connectivity index (χ4n) is 2.21. The fraction of sp³-hybridized carbons (Fsp3) is 0.538. The summed E-state index contributed by atoms with van der Waals surface area (Å²) in [7, 11) is 2.20. The largest absolute Gasteiger partial charge is 0.302 e. The Hall–Kier alpha value is -0.860. The molecule has 2 heteroatoms. The Balaban J connectivity index is 1.99. The first-order valence-electron chi connectivity index (χ1n) is 5.75. The van der Waals surface area contributed by atoms with Gasteiger partial charge in [0.15, 0.2) is 0 Å². The predicted octanol–water partition coefficient (Wildman–Crippen LogP) is 2.14. The molecule has 0 bridgehead atoms. The molecule has 1 aliphatic heterocycles. The monoisotopic (exact) mass is 204 g/mol. The van der Waals surface area contributed by atoms with E-state index >= 15 is 0 Å². The lowest BCUT2D eigenvalue weighted by molar-refractivity contribution is 0.217. The van der Waals surface area contributed by atoms with Gasteiger partial charge in [-0.15, -0.1) is 0 Å². The van der Waals surface area contributed by atoms with Gasteiger partial charge >= 0.3 is 0 Å². The van der Waals surface area contributed by atoms with Crippen molar-refractivity contribution in [2.75, 3.05) is 13.6 Å². The summed E-state index contributed by atoms with van der Waals surface area (Å²) < 4.78 is 0. The molecule has 82 valence electrons. The van der Waals surface area contributed by atoms with Gasteiger partial charge < -0.3 is 5.32 Å². The van der Waals surface area contributed by atoms with Crippen LogP contribution in [0, 0.1) is 6.92 Å². The Labute approximate surface area is 92.3 Å². The van der Waals surface area contributed by atoms with E-state index in [-0.39, 0.29) is 0 Å². The lowest BCUT2D eigenvalue weighted by Gasteiger charge is -2.25. The topological polar surface area (TPSA) is 15.3 Å². The molecule has 1 aromatic rings. The molecule has 2 nitrogen and oxygen atoms in total. The number of hydrogen-bond donors (Lipinski definition) is 1. The maximum Gasteiger partial charge on any atom is 0.0597 e. The summed E-state index contributed by atoms with van der Waals surface area (Å²) in [5.41, 5.74) is 2.83. The summed E-state index contributed by atoms with van der Waals surface area (Å²) in [5.74, 6) is 0. The Bertz CT molecular complexity index is 316. The van der Waals surface area contributed by atoms with Gasteiger partial charge in [0.25, 0.3) is 0 Å². The van der Waals surface area contributed by atoms with Crippen LogP contribution in [0.5, 0.6) is 0 Å². The van der Waals surface area contributed by atoms with Gasteiger partial charge in [0, 0.05) is 6.54 Å². The lowest BCUT2D eigenvalue weighted by atomic mass is 10.1. The van der Waals surface area contributed by atoms with Gasteiger partial charge in [-0.3, -0.25) is 4.90 Å². The van der Waals surface area contributed by atoms with Crippen LogP contribution in [0.3, 0.4) is 0 Å². The lowest BCUT2D eigenvalue weighted by Crippen LogP contribution is -2.38. The molecule has 0 radical (unpaired) electrons. The molecule has 1 heterocycles. The van der Waals surface area contributed by atoms with Crippen LogP contribution >= 0.6 is 0 Å². The second-order valence-electron chi connectivity index (χ2n) is 4.45. The fourth-order valence-corrected chi connectivity index (χ4v) is 2.21. The SMILES string of the molecule is Cc1ccccc1CN(C)C1CCCN1. The zero-order chi connectivity index (χ0) is 10.7. The molecule has 2 rings (SSSR count). The Morgan fingerprint density at radius 2 is 2.20 bits per heavy atom. The first kappa shape index (κ1) is 10.7. The van der Waals surface area contributed by atoms with Gasteiger partial charge in [-0.25, -0.2) is 0 Å². The predicted molar refractivity (Wildman–Crippen MR) is 63.7 cm³/mol. The molecule has 0 amide bonds. The molecule has 1 aliphatic rings. The van der Waals surface area contributed by atoms with E-state index in [0.29, 0.717) is 6.17 Å². The molecule has 0 aliphatic carbocycles. The van der Waals surface area contributed by atoms with Crippen molar-refractivity contribution in [1.82, 2.24) is 10.2 Å². The van der Waals surface area contributed by atoms with Crippen molar-refractivity contribution in [3.8, 4) is 0 Å². The Morgan fingerprint density at radius 3 is 2.87 bits per heavy atom. The van der Waals surface area contributed by atoms with Gasteiger partial charge in [0.2, 0.25) is 0 Å². The van der Waals surface area contributed by atoms with Crippen LogP contribution in [0.15, 0.2) is 24.3 Å². The van der Waals surface area contributed by atoms with Crippen LogP contribution in [0.4, 0.5) is 0 Å². The number of benzene rings is 1. The average molecular weight is 204 g/mol. The molecular formula is C13H20N2. The molecular weight excluding hydrogens is 184 g/mol. The molecule has 0 saturated carbocycles. The number of hydrogen-bond acceptors (Lipinski definition) is 2. The van der Waals surface area contributed by atoms with Gasteiger partial charge in [-0.05, 0) is 44.5 Å². The maximum absolute atomic E-state index is 3.52. The maximum atomic E-state index is 3.52. The van der Waals surface area contributed by atoms with Crippen LogP contribution in [0.2, 0.25) is 0 Å². The summed E-state index contributed by atoms with van der Waals surface area (Å²) in [6, 6.07) is 8.64. The molecule has 0 aromatic heterocycles. The highest BCUT2D eigenvalue weighted by Crippen LogP contribution is 2.14. The van der Waals surface area contributed by atoms with Crippen molar-refractivity contribution in [3.05, 3.63) is 35.4 Å². The van der Waals surface area contributed by atoms with Crippen LogP contribution < -0.4 is 5.32 Å². The van der Waals surface area contributed by atoms with Gasteiger partial charge in [-0.1, -0.05) is 24.3 Å². The summed E-state index contributed by atoms with van der Waals surface area (Å²) in [4.78, 5) is 2.41. The highest BCUT2D eigenvalue weighted by molar-refractivity contribution is 5.25. The van der Waals surface area contributed by atoms with E-state index in [1.807, 2.05) is 0 Å². The third-order valence-electron chi connectivity index (χ3n) is 3.25. The first-order valence-corrected chi connectivity index (χ1v) is 5.75. The molecule has 0 spiro atoms. The van der Waals surface area contributed by atoms with Crippen LogP contribution in [0.25, 0.3) is 0 Å². The minimum atomic E-state index is 0.574. The van der Waals surface area contributed by atoms with Gasteiger partial charge in [-0.2, -0.15) is 0 Å². The van der Waals surface area contributed by atoms with Gasteiger partial charge in [0.1, 0.15) is 0 Å². The molecule has 1 fully saturated rings. The number of rotatable bonds is 3. The standard InChI is InChI=1S/C13H20N2/c1-11-6-3-4-7-12(11)10-15(2)13-8-5-9-14-13/h3-4,6-7,13-14H,5,8-10H2,1-2H3. The molecule has 15 heavy (non-hydrogen) atoms. The summed E-state index contributed by atoms with van der Waals surface area (Å²) in [6.45, 7) is 4.40. The molecule has 1 aromatic carbocycles.